The van der Waals surface area contributed by atoms with Crippen LogP contribution in [0.15, 0.2) is 24.3 Å². The number of carbonyl (C=O) groups is 1. The van der Waals surface area contributed by atoms with Crippen molar-refractivity contribution in [1.82, 2.24) is 5.32 Å². The molecular weight excluding hydrogens is 273 g/mol. The number of alkyl halides is 3. The molecule has 0 aromatic heterocycles. The fourth-order valence-electron chi connectivity index (χ4n) is 1.44. The van der Waals surface area contributed by atoms with Gasteiger partial charge in [-0.05, 0) is 24.6 Å². The van der Waals surface area contributed by atoms with E-state index in [0.717, 1.165) is 12.5 Å². The van der Waals surface area contributed by atoms with Crippen LogP contribution in [-0.2, 0) is 11.3 Å². The molecule has 1 amide bonds. The summed E-state index contributed by atoms with van der Waals surface area (Å²) in [6.07, 6.45) is -5.43. The van der Waals surface area contributed by atoms with Crippen molar-refractivity contribution in [1.29, 1.82) is 0 Å². The van der Waals surface area contributed by atoms with E-state index >= 15 is 0 Å². The third-order valence-corrected chi connectivity index (χ3v) is 2.82. The van der Waals surface area contributed by atoms with Gasteiger partial charge in [0.15, 0.2) is 0 Å². The van der Waals surface area contributed by atoms with Crippen LogP contribution in [0.3, 0.4) is 0 Å². The highest BCUT2D eigenvalue weighted by molar-refractivity contribution is 5.77. The first-order chi connectivity index (χ1) is 9.15. The van der Waals surface area contributed by atoms with E-state index in [1.54, 1.807) is 24.3 Å². The fraction of sp³-hybridized carbons (Fsp3) is 0.462. The van der Waals surface area contributed by atoms with E-state index in [2.05, 4.69) is 5.32 Å². The first-order valence-corrected chi connectivity index (χ1v) is 5.91. The van der Waals surface area contributed by atoms with Crippen molar-refractivity contribution in [2.75, 3.05) is 7.11 Å². The quantitative estimate of drug-likeness (QED) is 0.871. The number of benzene rings is 1. The van der Waals surface area contributed by atoms with Crippen molar-refractivity contribution < 1.29 is 22.7 Å². The Hall–Kier alpha value is -1.76. The van der Waals surface area contributed by atoms with Crippen LogP contribution in [0.1, 0.15) is 18.9 Å². The molecule has 0 unspecified atom stereocenters. The molecule has 4 nitrogen and oxygen atoms in total. The molecule has 0 bridgehead atoms. The van der Waals surface area contributed by atoms with Gasteiger partial charge in [0.05, 0.1) is 13.5 Å². The zero-order valence-corrected chi connectivity index (χ0v) is 11.3. The van der Waals surface area contributed by atoms with E-state index in [9.17, 15) is 18.0 Å². The monoisotopic (exact) mass is 290 g/mol. The number of nitrogens with one attached hydrogen (secondary N) is 1. The van der Waals surface area contributed by atoms with Crippen molar-refractivity contribution in [3.05, 3.63) is 29.8 Å². The maximum absolute atomic E-state index is 12.5. The van der Waals surface area contributed by atoms with Gasteiger partial charge in [0.25, 0.3) is 0 Å². The van der Waals surface area contributed by atoms with Gasteiger partial charge in [-0.25, -0.2) is 0 Å². The molecule has 1 rings (SSSR count). The summed E-state index contributed by atoms with van der Waals surface area (Å²) in [7, 11) is 1.52. The molecule has 0 aliphatic rings. The van der Waals surface area contributed by atoms with Crippen LogP contribution in [0.4, 0.5) is 13.2 Å². The second-order valence-electron chi connectivity index (χ2n) is 4.72. The van der Waals surface area contributed by atoms with E-state index in [1.165, 1.54) is 7.11 Å². The van der Waals surface area contributed by atoms with Crippen molar-refractivity contribution in [2.45, 2.75) is 31.6 Å². The first-order valence-electron chi connectivity index (χ1n) is 5.91. The first kappa shape index (κ1) is 16.3. The van der Waals surface area contributed by atoms with Crippen LogP contribution in [0.5, 0.6) is 5.75 Å². The zero-order valence-electron chi connectivity index (χ0n) is 11.3. The molecule has 0 radical (unpaired) electrons. The summed E-state index contributed by atoms with van der Waals surface area (Å²) in [5, 5.41) is 2.40. The SMILES string of the molecule is COc1ccc(CNC(=O)C[C@@](C)(N)C(F)(F)F)cc1. The Kier molecular flexibility index (Phi) is 4.99. The number of amides is 1. The van der Waals surface area contributed by atoms with E-state index in [-0.39, 0.29) is 6.54 Å². The normalized spacial score (nSPS) is 14.5. The van der Waals surface area contributed by atoms with Gasteiger partial charge in [-0.15, -0.1) is 0 Å². The highest BCUT2D eigenvalue weighted by Crippen LogP contribution is 2.30. The minimum Gasteiger partial charge on any atom is -0.497 e. The second-order valence-corrected chi connectivity index (χ2v) is 4.72. The van der Waals surface area contributed by atoms with Crippen LogP contribution in [0.2, 0.25) is 0 Å². The van der Waals surface area contributed by atoms with Crippen LogP contribution in [-0.4, -0.2) is 24.7 Å². The molecule has 1 atom stereocenters. The predicted molar refractivity (Wildman–Crippen MR) is 68.1 cm³/mol. The molecule has 7 heteroatoms. The molecule has 1 aromatic rings. The Morgan fingerprint density at radius 3 is 2.30 bits per heavy atom. The standard InChI is InChI=1S/C13H17F3N2O2/c1-12(17,13(14,15)16)7-11(19)18-8-9-3-5-10(20-2)6-4-9/h3-6H,7-8,17H2,1-2H3,(H,18,19)/t12-/m1/s1. The minimum absolute atomic E-state index is 0.136. The minimum atomic E-state index is -4.62. The van der Waals surface area contributed by atoms with Gasteiger partial charge in [0.2, 0.25) is 5.91 Å². The van der Waals surface area contributed by atoms with E-state index in [0.29, 0.717) is 5.75 Å². The number of rotatable bonds is 5. The Balaban J connectivity index is 2.51. The van der Waals surface area contributed by atoms with Gasteiger partial charge in [0, 0.05) is 6.54 Å². The molecule has 0 fully saturated rings. The van der Waals surface area contributed by atoms with E-state index in [4.69, 9.17) is 10.5 Å². The number of methoxy groups -OCH3 is 1. The van der Waals surface area contributed by atoms with Crippen molar-refractivity contribution in [2.24, 2.45) is 5.73 Å². The van der Waals surface area contributed by atoms with E-state index < -0.39 is 24.0 Å². The molecule has 0 saturated carbocycles. The highest BCUT2D eigenvalue weighted by Gasteiger charge is 2.49. The number of nitrogens with two attached hydrogens (primary N) is 1. The van der Waals surface area contributed by atoms with Crippen molar-refractivity contribution in [3.8, 4) is 5.75 Å². The molecule has 0 spiro atoms. The molecule has 0 saturated heterocycles. The Morgan fingerprint density at radius 2 is 1.85 bits per heavy atom. The number of hydrogen-bond donors (Lipinski definition) is 2. The predicted octanol–water partition coefficient (Wildman–Crippen LogP) is 1.98. The lowest BCUT2D eigenvalue weighted by Crippen LogP contribution is -2.53. The Labute approximate surface area is 115 Å². The zero-order chi connectivity index (χ0) is 15.4. The topological polar surface area (TPSA) is 64.3 Å². The third kappa shape index (κ3) is 4.41. The van der Waals surface area contributed by atoms with Crippen LogP contribution < -0.4 is 15.8 Å². The van der Waals surface area contributed by atoms with Crippen molar-refractivity contribution >= 4 is 5.91 Å². The lowest BCUT2D eigenvalue weighted by atomic mass is 9.98. The summed E-state index contributed by atoms with van der Waals surface area (Å²) < 4.78 is 42.5. The van der Waals surface area contributed by atoms with Gasteiger partial charge in [-0.2, -0.15) is 13.2 Å². The average Bonchev–Trinajstić information content (AvgIpc) is 2.35. The second kappa shape index (κ2) is 6.13. The average molecular weight is 290 g/mol. The Morgan fingerprint density at radius 1 is 1.30 bits per heavy atom. The Bertz CT molecular complexity index is 456. The third-order valence-electron chi connectivity index (χ3n) is 2.82. The fourth-order valence-corrected chi connectivity index (χ4v) is 1.44. The molecule has 0 heterocycles. The summed E-state index contributed by atoms with van der Waals surface area (Å²) in [5.41, 5.74) is 3.32. The number of ether oxygens (including phenoxy) is 1. The summed E-state index contributed by atoms with van der Waals surface area (Å²) in [5.74, 6) is -0.0881. The molecule has 0 aliphatic heterocycles. The molecule has 0 aliphatic carbocycles. The summed E-state index contributed by atoms with van der Waals surface area (Å²) in [6, 6.07) is 6.82. The summed E-state index contributed by atoms with van der Waals surface area (Å²) >= 11 is 0. The lowest BCUT2D eigenvalue weighted by Gasteiger charge is -2.26. The molecular formula is C13H17F3N2O2. The molecule has 3 N–H and O–H groups in total. The van der Waals surface area contributed by atoms with Gasteiger partial charge in [-0.1, -0.05) is 12.1 Å². The van der Waals surface area contributed by atoms with Gasteiger partial charge < -0.3 is 15.8 Å². The van der Waals surface area contributed by atoms with Gasteiger partial charge >= 0.3 is 6.18 Å². The number of halogens is 3. The van der Waals surface area contributed by atoms with E-state index in [1.807, 2.05) is 0 Å². The maximum atomic E-state index is 12.5. The van der Waals surface area contributed by atoms with Crippen molar-refractivity contribution in [3.63, 3.8) is 0 Å². The molecule has 112 valence electrons. The molecule has 1 aromatic carbocycles. The van der Waals surface area contributed by atoms with Crippen LogP contribution in [0.25, 0.3) is 0 Å². The van der Waals surface area contributed by atoms with Crippen LogP contribution >= 0.6 is 0 Å². The molecule has 20 heavy (non-hydrogen) atoms. The van der Waals surface area contributed by atoms with Gasteiger partial charge in [-0.3, -0.25) is 4.79 Å². The highest BCUT2D eigenvalue weighted by atomic mass is 19.4. The lowest BCUT2D eigenvalue weighted by molar-refractivity contribution is -0.184. The smallest absolute Gasteiger partial charge is 0.406 e. The summed E-state index contributed by atoms with van der Waals surface area (Å²) in [6.45, 7) is 0.927. The number of hydrogen-bond acceptors (Lipinski definition) is 3. The van der Waals surface area contributed by atoms with Gasteiger partial charge in [0.1, 0.15) is 11.3 Å². The largest absolute Gasteiger partial charge is 0.497 e. The maximum Gasteiger partial charge on any atom is 0.406 e. The number of carbonyl (C=O) groups excluding carboxylic acids is 1. The van der Waals surface area contributed by atoms with Crippen LogP contribution in [0, 0.1) is 0 Å². The summed E-state index contributed by atoms with van der Waals surface area (Å²) in [4.78, 5) is 11.5.